The fourth-order valence-electron chi connectivity index (χ4n) is 4.77. The van der Waals surface area contributed by atoms with Gasteiger partial charge in [-0.05, 0) is 41.7 Å². The van der Waals surface area contributed by atoms with Crippen LogP contribution in [0.3, 0.4) is 0 Å². The van der Waals surface area contributed by atoms with Crippen molar-refractivity contribution in [3.8, 4) is 0 Å². The van der Waals surface area contributed by atoms with Crippen molar-refractivity contribution >= 4 is 34.6 Å². The third-order valence-electron chi connectivity index (χ3n) is 6.33. The number of carbonyl (C=O) groups is 1. The summed E-state index contributed by atoms with van der Waals surface area (Å²) >= 11 is 1.12. The lowest BCUT2D eigenvalue weighted by Gasteiger charge is -2.35. The zero-order valence-electron chi connectivity index (χ0n) is 19.3. The van der Waals surface area contributed by atoms with E-state index in [0.29, 0.717) is 32.6 Å². The molecule has 1 aliphatic carbocycles. The standard InChI is InChI=1S/C25H20N4O6S/c1-25(2)12-17-21(19(30)13-25)22(16-5-3-4-6-18(16)29(34)35)27-23(31)20(36-24(27)26-17)11-14-7-9-15(10-8-14)28(32)33/h3-11,22H,12-13H2,1-2H3. The molecule has 1 unspecified atom stereocenters. The van der Waals surface area contributed by atoms with Gasteiger partial charge in [0.05, 0.1) is 25.6 Å². The van der Waals surface area contributed by atoms with E-state index in [9.17, 15) is 29.8 Å². The number of aromatic nitrogens is 1. The molecular weight excluding hydrogens is 484 g/mol. The van der Waals surface area contributed by atoms with Gasteiger partial charge >= 0.3 is 0 Å². The smallest absolute Gasteiger partial charge is 0.275 e. The number of nitrogens with zero attached hydrogens (tertiary/aromatic N) is 4. The molecule has 182 valence electrons. The first kappa shape index (κ1) is 23.5. The molecule has 2 aromatic carbocycles. The molecule has 0 amide bonds. The summed E-state index contributed by atoms with van der Waals surface area (Å²) in [6, 6.07) is 10.9. The molecule has 2 heterocycles. The Labute approximate surface area is 207 Å². The van der Waals surface area contributed by atoms with Crippen LogP contribution in [-0.4, -0.2) is 20.2 Å². The number of nitro groups is 2. The van der Waals surface area contributed by atoms with Crippen LogP contribution in [0.2, 0.25) is 0 Å². The summed E-state index contributed by atoms with van der Waals surface area (Å²) in [5.74, 6) is -0.183. The number of fused-ring (bicyclic) bond motifs is 1. The average Bonchev–Trinajstić information content (AvgIpc) is 3.11. The second-order valence-corrected chi connectivity index (χ2v) is 10.6. The average molecular weight is 505 g/mol. The molecule has 0 spiro atoms. The Kier molecular flexibility index (Phi) is 5.51. The van der Waals surface area contributed by atoms with Crippen LogP contribution in [0.1, 0.15) is 43.9 Å². The van der Waals surface area contributed by atoms with Crippen molar-refractivity contribution in [3.05, 3.63) is 111 Å². The number of Topliss-reactive ketones (excluding diaryl/α,β-unsaturated/α-hetero) is 1. The Morgan fingerprint density at radius 3 is 2.39 bits per heavy atom. The van der Waals surface area contributed by atoms with E-state index in [0.717, 1.165) is 11.3 Å². The summed E-state index contributed by atoms with van der Waals surface area (Å²) < 4.78 is 1.66. The van der Waals surface area contributed by atoms with E-state index in [1.165, 1.54) is 34.9 Å². The number of rotatable bonds is 4. The Morgan fingerprint density at radius 1 is 1.03 bits per heavy atom. The Hall–Kier alpha value is -4.25. The molecule has 0 bridgehead atoms. The van der Waals surface area contributed by atoms with Crippen LogP contribution in [0.5, 0.6) is 0 Å². The van der Waals surface area contributed by atoms with Crippen LogP contribution in [0.25, 0.3) is 6.08 Å². The fraction of sp³-hybridized carbons (Fsp3) is 0.240. The minimum atomic E-state index is -0.972. The predicted molar refractivity (Wildman–Crippen MR) is 132 cm³/mol. The first-order valence-corrected chi connectivity index (χ1v) is 11.9. The molecule has 36 heavy (non-hydrogen) atoms. The first-order valence-electron chi connectivity index (χ1n) is 11.1. The van der Waals surface area contributed by atoms with Crippen molar-refractivity contribution in [1.29, 1.82) is 0 Å². The number of nitro benzene ring substituents is 2. The molecule has 0 N–H and O–H groups in total. The van der Waals surface area contributed by atoms with Gasteiger partial charge in [0.2, 0.25) is 0 Å². The van der Waals surface area contributed by atoms with Crippen molar-refractivity contribution in [2.45, 2.75) is 32.7 Å². The molecule has 1 aromatic heterocycles. The molecule has 0 saturated carbocycles. The zero-order chi connectivity index (χ0) is 25.8. The second-order valence-electron chi connectivity index (χ2n) is 9.55. The molecule has 2 aliphatic rings. The minimum Gasteiger partial charge on any atom is -0.294 e. The lowest BCUT2D eigenvalue weighted by molar-refractivity contribution is -0.385. The molecule has 1 aliphatic heterocycles. The van der Waals surface area contributed by atoms with Crippen molar-refractivity contribution in [3.63, 3.8) is 0 Å². The number of hydrogen-bond donors (Lipinski definition) is 0. The van der Waals surface area contributed by atoms with Crippen LogP contribution in [0.15, 0.2) is 69.6 Å². The Morgan fingerprint density at radius 2 is 1.72 bits per heavy atom. The number of allylic oxidation sites excluding steroid dienone is 2. The summed E-state index contributed by atoms with van der Waals surface area (Å²) in [4.78, 5) is 53.8. The molecule has 11 heteroatoms. The van der Waals surface area contributed by atoms with Crippen molar-refractivity contribution < 1.29 is 14.6 Å². The van der Waals surface area contributed by atoms with E-state index in [4.69, 9.17) is 0 Å². The molecule has 0 saturated heterocycles. The third kappa shape index (κ3) is 3.97. The lowest BCUT2D eigenvalue weighted by Crippen LogP contribution is -2.42. The maximum absolute atomic E-state index is 13.6. The zero-order valence-corrected chi connectivity index (χ0v) is 20.2. The van der Waals surface area contributed by atoms with Gasteiger partial charge in [0, 0.05) is 30.2 Å². The van der Waals surface area contributed by atoms with Gasteiger partial charge in [-0.3, -0.25) is 34.4 Å². The quantitative estimate of drug-likeness (QED) is 0.394. The monoisotopic (exact) mass is 504 g/mol. The van der Waals surface area contributed by atoms with Crippen LogP contribution < -0.4 is 14.9 Å². The molecule has 0 radical (unpaired) electrons. The fourth-order valence-corrected chi connectivity index (χ4v) is 5.79. The number of carbonyl (C=O) groups excluding carboxylic acids is 1. The number of para-hydroxylation sites is 1. The first-order chi connectivity index (χ1) is 17.1. The highest BCUT2D eigenvalue weighted by atomic mass is 32.1. The van der Waals surface area contributed by atoms with Gasteiger partial charge in [0.25, 0.3) is 16.9 Å². The van der Waals surface area contributed by atoms with E-state index < -0.39 is 21.4 Å². The van der Waals surface area contributed by atoms with E-state index in [2.05, 4.69) is 4.99 Å². The topological polar surface area (TPSA) is 138 Å². The highest BCUT2D eigenvalue weighted by Gasteiger charge is 2.42. The van der Waals surface area contributed by atoms with Gasteiger partial charge in [0.15, 0.2) is 10.6 Å². The Balaban J connectivity index is 1.77. The van der Waals surface area contributed by atoms with Crippen LogP contribution >= 0.6 is 11.3 Å². The van der Waals surface area contributed by atoms with E-state index >= 15 is 0 Å². The Bertz CT molecular complexity index is 1660. The van der Waals surface area contributed by atoms with Crippen molar-refractivity contribution in [2.75, 3.05) is 0 Å². The highest BCUT2D eigenvalue weighted by molar-refractivity contribution is 7.07. The molecular formula is C25H20N4O6S. The number of benzene rings is 2. The van der Waals surface area contributed by atoms with Gasteiger partial charge < -0.3 is 0 Å². The lowest BCUT2D eigenvalue weighted by atomic mass is 9.73. The minimum absolute atomic E-state index is 0.0706. The summed E-state index contributed by atoms with van der Waals surface area (Å²) in [5.41, 5.74) is 0.664. The van der Waals surface area contributed by atoms with E-state index in [-0.39, 0.29) is 34.6 Å². The third-order valence-corrected chi connectivity index (χ3v) is 7.31. The molecule has 5 rings (SSSR count). The highest BCUT2D eigenvalue weighted by Crippen LogP contribution is 2.44. The van der Waals surface area contributed by atoms with Gasteiger partial charge in [-0.15, -0.1) is 0 Å². The van der Waals surface area contributed by atoms with E-state index in [1.54, 1.807) is 24.3 Å². The molecule has 10 nitrogen and oxygen atoms in total. The normalized spacial score (nSPS) is 18.9. The SMILES string of the molecule is CC1(C)CC(=O)C2=C(C1)N=c1sc(=Cc3ccc([N+](=O)[O-])cc3)c(=O)n1C2c1ccccc1[N+](=O)[O-]. The predicted octanol–water partition coefficient (Wildman–Crippen LogP) is 3.42. The number of thiazole rings is 1. The van der Waals surface area contributed by atoms with Gasteiger partial charge in [-0.2, -0.15) is 0 Å². The maximum atomic E-state index is 13.6. The number of non-ortho nitro benzene ring substituents is 1. The summed E-state index contributed by atoms with van der Waals surface area (Å²) in [6.07, 6.45) is 2.34. The molecule has 3 aromatic rings. The van der Waals surface area contributed by atoms with Gasteiger partial charge in [0.1, 0.15) is 6.04 Å². The molecule has 0 fully saturated rings. The maximum Gasteiger partial charge on any atom is 0.275 e. The largest absolute Gasteiger partial charge is 0.294 e. The van der Waals surface area contributed by atoms with E-state index in [1.807, 2.05) is 13.8 Å². The van der Waals surface area contributed by atoms with Crippen LogP contribution in [0, 0.1) is 25.6 Å². The summed E-state index contributed by atoms with van der Waals surface area (Å²) in [7, 11) is 0. The molecule has 1 atom stereocenters. The number of hydrogen-bond acceptors (Lipinski definition) is 8. The number of ketones is 1. The summed E-state index contributed by atoms with van der Waals surface area (Å²) in [5, 5.41) is 22.8. The van der Waals surface area contributed by atoms with Crippen molar-refractivity contribution in [2.24, 2.45) is 10.4 Å². The summed E-state index contributed by atoms with van der Waals surface area (Å²) in [6.45, 7) is 3.93. The van der Waals surface area contributed by atoms with Crippen LogP contribution in [-0.2, 0) is 4.79 Å². The van der Waals surface area contributed by atoms with Crippen LogP contribution in [0.4, 0.5) is 11.4 Å². The van der Waals surface area contributed by atoms with Gasteiger partial charge in [-0.1, -0.05) is 37.3 Å². The van der Waals surface area contributed by atoms with Crippen molar-refractivity contribution in [1.82, 2.24) is 4.57 Å². The van der Waals surface area contributed by atoms with Gasteiger partial charge in [-0.25, -0.2) is 4.99 Å². The second kappa shape index (κ2) is 8.45.